The second-order valence-corrected chi connectivity index (χ2v) is 6.54. The number of hydrogen-bond donors (Lipinski definition) is 2. The van der Waals surface area contributed by atoms with Crippen molar-refractivity contribution >= 4 is 9.84 Å². The van der Waals surface area contributed by atoms with Gasteiger partial charge >= 0.3 is 0 Å². The summed E-state index contributed by atoms with van der Waals surface area (Å²) in [5.74, 6) is -1.75. The quantitative estimate of drug-likeness (QED) is 0.838. The van der Waals surface area contributed by atoms with Crippen LogP contribution in [-0.4, -0.2) is 19.8 Å². The van der Waals surface area contributed by atoms with E-state index in [1.54, 1.807) is 0 Å². The summed E-state index contributed by atoms with van der Waals surface area (Å²) in [4.78, 5) is -0.498. The standard InChI is InChI=1S/C11H14FNO3S/c1-17(15,16)8-4-3-7(10(14)9(8)12)11(13)5-2-6-11/h3-4,14H,2,5-6,13H2,1H3. The summed E-state index contributed by atoms with van der Waals surface area (Å²) in [7, 11) is -3.68. The number of phenolic OH excluding ortho intramolecular Hbond substituents is 1. The molecule has 3 N–H and O–H groups in total. The molecule has 4 nitrogen and oxygen atoms in total. The van der Waals surface area contributed by atoms with Crippen LogP contribution < -0.4 is 5.73 Å². The molecule has 0 aliphatic heterocycles. The largest absolute Gasteiger partial charge is 0.505 e. The van der Waals surface area contributed by atoms with Gasteiger partial charge in [0, 0.05) is 17.4 Å². The lowest BCUT2D eigenvalue weighted by Gasteiger charge is -2.39. The third-order valence-corrected chi connectivity index (χ3v) is 4.38. The third-order valence-electron chi connectivity index (χ3n) is 3.26. The van der Waals surface area contributed by atoms with Crippen molar-refractivity contribution in [3.63, 3.8) is 0 Å². The molecule has 0 bridgehead atoms. The summed E-state index contributed by atoms with van der Waals surface area (Å²) in [5, 5.41) is 9.72. The van der Waals surface area contributed by atoms with E-state index in [0.29, 0.717) is 12.8 Å². The molecule has 2 rings (SSSR count). The molecule has 94 valence electrons. The number of phenols is 1. The number of sulfone groups is 1. The molecule has 0 amide bonds. The van der Waals surface area contributed by atoms with Gasteiger partial charge in [0.05, 0.1) is 0 Å². The molecular formula is C11H14FNO3S. The van der Waals surface area contributed by atoms with E-state index in [9.17, 15) is 17.9 Å². The molecule has 0 atom stereocenters. The van der Waals surface area contributed by atoms with Crippen molar-refractivity contribution in [3.8, 4) is 5.75 Å². The van der Waals surface area contributed by atoms with Gasteiger partial charge in [0.1, 0.15) is 4.90 Å². The van der Waals surface area contributed by atoms with Gasteiger partial charge in [0.15, 0.2) is 21.4 Å². The Balaban J connectivity index is 2.58. The molecule has 0 aromatic heterocycles. The van der Waals surface area contributed by atoms with Crippen molar-refractivity contribution < 1.29 is 17.9 Å². The van der Waals surface area contributed by atoms with Crippen molar-refractivity contribution in [3.05, 3.63) is 23.5 Å². The number of rotatable bonds is 2. The van der Waals surface area contributed by atoms with Crippen molar-refractivity contribution in [2.45, 2.75) is 29.7 Å². The van der Waals surface area contributed by atoms with E-state index in [0.717, 1.165) is 18.7 Å². The Morgan fingerprint density at radius 3 is 2.41 bits per heavy atom. The van der Waals surface area contributed by atoms with Gasteiger partial charge in [-0.15, -0.1) is 0 Å². The lowest BCUT2D eigenvalue weighted by molar-refractivity contribution is 0.242. The van der Waals surface area contributed by atoms with E-state index >= 15 is 0 Å². The minimum Gasteiger partial charge on any atom is -0.505 e. The lowest BCUT2D eigenvalue weighted by Crippen LogP contribution is -2.43. The molecular weight excluding hydrogens is 245 g/mol. The Kier molecular flexibility index (Phi) is 2.67. The summed E-state index contributed by atoms with van der Waals surface area (Å²) >= 11 is 0. The highest BCUT2D eigenvalue weighted by atomic mass is 32.2. The molecule has 17 heavy (non-hydrogen) atoms. The second-order valence-electron chi connectivity index (χ2n) is 4.56. The highest BCUT2D eigenvalue weighted by Gasteiger charge is 2.38. The van der Waals surface area contributed by atoms with Crippen molar-refractivity contribution in [2.24, 2.45) is 5.73 Å². The number of halogens is 1. The lowest BCUT2D eigenvalue weighted by atomic mass is 9.72. The smallest absolute Gasteiger partial charge is 0.183 e. The van der Waals surface area contributed by atoms with Crippen LogP contribution in [0.25, 0.3) is 0 Å². The molecule has 0 radical (unpaired) electrons. The molecule has 1 saturated carbocycles. The molecule has 0 heterocycles. The van der Waals surface area contributed by atoms with Crippen LogP contribution in [0.5, 0.6) is 5.75 Å². The second kappa shape index (κ2) is 3.68. The predicted molar refractivity (Wildman–Crippen MR) is 60.9 cm³/mol. The molecule has 1 aromatic carbocycles. The molecule has 1 aliphatic rings. The van der Waals surface area contributed by atoms with Gasteiger partial charge in [-0.2, -0.15) is 0 Å². The van der Waals surface area contributed by atoms with E-state index < -0.39 is 31.8 Å². The summed E-state index contributed by atoms with van der Waals surface area (Å²) in [6.07, 6.45) is 3.15. The molecule has 1 aliphatic carbocycles. The van der Waals surface area contributed by atoms with Gasteiger partial charge in [-0.05, 0) is 25.3 Å². The highest BCUT2D eigenvalue weighted by Crippen LogP contribution is 2.44. The number of nitrogens with two attached hydrogens (primary N) is 1. The highest BCUT2D eigenvalue weighted by molar-refractivity contribution is 7.90. The van der Waals surface area contributed by atoms with Crippen LogP contribution in [0.15, 0.2) is 17.0 Å². The van der Waals surface area contributed by atoms with Crippen molar-refractivity contribution in [1.82, 2.24) is 0 Å². The Labute approximate surface area is 99.2 Å². The van der Waals surface area contributed by atoms with Gasteiger partial charge in [-0.3, -0.25) is 0 Å². The first-order valence-corrected chi connectivity index (χ1v) is 7.16. The molecule has 0 spiro atoms. The van der Waals surface area contributed by atoms with E-state index in [-0.39, 0.29) is 5.56 Å². The van der Waals surface area contributed by atoms with Gasteiger partial charge in [-0.1, -0.05) is 6.07 Å². The predicted octanol–water partition coefficient (Wildman–Crippen LogP) is 1.27. The van der Waals surface area contributed by atoms with E-state index in [4.69, 9.17) is 5.73 Å². The van der Waals surface area contributed by atoms with Gasteiger partial charge in [-0.25, -0.2) is 12.8 Å². The summed E-state index contributed by atoms with van der Waals surface area (Å²) in [5.41, 5.74) is 5.54. The van der Waals surface area contributed by atoms with Crippen LogP contribution >= 0.6 is 0 Å². The van der Waals surface area contributed by atoms with Gasteiger partial charge < -0.3 is 10.8 Å². The Bertz CT molecular complexity index is 564. The third kappa shape index (κ3) is 1.91. The Morgan fingerprint density at radius 1 is 1.41 bits per heavy atom. The first kappa shape index (κ1) is 12.3. The number of aromatic hydroxyl groups is 1. The normalized spacial score (nSPS) is 18.8. The van der Waals surface area contributed by atoms with Crippen molar-refractivity contribution in [1.29, 1.82) is 0 Å². The molecule has 6 heteroatoms. The Hall–Kier alpha value is -1.14. The Morgan fingerprint density at radius 2 is 2.00 bits per heavy atom. The van der Waals surface area contributed by atoms with Crippen LogP contribution in [0, 0.1) is 5.82 Å². The maximum absolute atomic E-state index is 13.8. The molecule has 0 saturated heterocycles. The SMILES string of the molecule is CS(=O)(=O)c1ccc(C2(N)CCC2)c(O)c1F. The first-order valence-electron chi connectivity index (χ1n) is 5.26. The fourth-order valence-corrected chi connectivity index (χ4v) is 2.80. The molecule has 0 unspecified atom stereocenters. The minimum absolute atomic E-state index is 0.286. The zero-order valence-corrected chi connectivity index (χ0v) is 10.2. The summed E-state index contributed by atoms with van der Waals surface area (Å²) in [6, 6.07) is 2.56. The van der Waals surface area contributed by atoms with Gasteiger partial charge in [0.2, 0.25) is 0 Å². The van der Waals surface area contributed by atoms with Crippen LogP contribution in [0.1, 0.15) is 24.8 Å². The first-order chi connectivity index (χ1) is 7.76. The number of hydrogen-bond acceptors (Lipinski definition) is 4. The fourth-order valence-electron chi connectivity index (χ4n) is 2.06. The monoisotopic (exact) mass is 259 g/mol. The average Bonchev–Trinajstić information content (AvgIpc) is 2.16. The van der Waals surface area contributed by atoms with Crippen LogP contribution in [-0.2, 0) is 15.4 Å². The fraction of sp³-hybridized carbons (Fsp3) is 0.455. The molecule has 1 aromatic rings. The van der Waals surface area contributed by atoms with Crippen molar-refractivity contribution in [2.75, 3.05) is 6.26 Å². The van der Waals surface area contributed by atoms with Crippen LogP contribution in [0.3, 0.4) is 0 Å². The van der Waals surface area contributed by atoms with E-state index in [1.807, 2.05) is 0 Å². The van der Waals surface area contributed by atoms with Gasteiger partial charge in [0.25, 0.3) is 0 Å². The summed E-state index contributed by atoms with van der Waals surface area (Å²) in [6.45, 7) is 0. The van der Waals surface area contributed by atoms with E-state index in [2.05, 4.69) is 0 Å². The maximum atomic E-state index is 13.8. The van der Waals surface area contributed by atoms with Crippen LogP contribution in [0.2, 0.25) is 0 Å². The molecule has 1 fully saturated rings. The van der Waals surface area contributed by atoms with E-state index in [1.165, 1.54) is 6.07 Å². The topological polar surface area (TPSA) is 80.4 Å². The average molecular weight is 259 g/mol. The number of benzene rings is 1. The summed E-state index contributed by atoms with van der Waals surface area (Å²) < 4.78 is 36.3. The minimum atomic E-state index is -3.68. The van der Waals surface area contributed by atoms with Crippen LogP contribution in [0.4, 0.5) is 4.39 Å². The zero-order chi connectivity index (χ0) is 12.8. The zero-order valence-electron chi connectivity index (χ0n) is 9.40. The maximum Gasteiger partial charge on any atom is 0.183 e.